The summed E-state index contributed by atoms with van der Waals surface area (Å²) in [5.41, 5.74) is 22.4. The molecule has 1 aliphatic carbocycles. The first kappa shape index (κ1) is 44.4. The number of aryl methyl sites for hydroxylation is 2. The third-order valence-corrected chi connectivity index (χ3v) is 18.3. The molecule has 0 N–H and O–H groups in total. The number of thiophene rings is 1. The molecule has 7 aromatic carbocycles. The van der Waals surface area contributed by atoms with Gasteiger partial charge in [-0.15, -0.1) is 11.3 Å². The van der Waals surface area contributed by atoms with E-state index in [0.29, 0.717) is 0 Å². The van der Waals surface area contributed by atoms with Crippen LogP contribution < -0.4 is 31.1 Å². The summed E-state index contributed by atoms with van der Waals surface area (Å²) in [6.07, 6.45) is 4.82. The largest absolute Gasteiger partial charge is 0.334 e. The van der Waals surface area contributed by atoms with E-state index in [1.54, 1.807) is 5.56 Å². The van der Waals surface area contributed by atoms with Gasteiger partial charge in [-0.3, -0.25) is 0 Å². The molecule has 12 rings (SSSR count). The van der Waals surface area contributed by atoms with Crippen molar-refractivity contribution in [2.45, 2.75) is 143 Å². The fourth-order valence-corrected chi connectivity index (χ4v) is 14.5. The molecule has 69 heavy (non-hydrogen) atoms. The van der Waals surface area contributed by atoms with Gasteiger partial charge in [-0.25, -0.2) is 0 Å². The minimum absolute atomic E-state index is 0.00306. The normalized spacial score (nSPS) is 19.7. The van der Waals surface area contributed by atoms with E-state index in [2.05, 4.69) is 232 Å². The van der Waals surface area contributed by atoms with Gasteiger partial charge >= 0.3 is 0 Å². The van der Waals surface area contributed by atoms with E-state index in [1.165, 1.54) is 129 Å². The van der Waals surface area contributed by atoms with E-state index in [-0.39, 0.29) is 33.9 Å². The number of fused-ring (bicyclic) bond motifs is 10. The predicted molar refractivity (Wildman–Crippen MR) is 302 cm³/mol. The Hall–Kier alpha value is -5.78. The summed E-state index contributed by atoms with van der Waals surface area (Å²) < 4.78 is 2.65. The van der Waals surface area contributed by atoms with Crippen molar-refractivity contribution < 1.29 is 0 Å². The molecular formula is C64H68BN3S. The van der Waals surface area contributed by atoms with Gasteiger partial charge < -0.3 is 14.7 Å². The predicted octanol–water partition coefficient (Wildman–Crippen LogP) is 16.4. The summed E-state index contributed by atoms with van der Waals surface area (Å²) in [7, 11) is 0. The third-order valence-electron chi connectivity index (χ3n) is 17.2. The highest BCUT2D eigenvalue weighted by atomic mass is 32.1. The zero-order valence-electron chi connectivity index (χ0n) is 43.3. The maximum absolute atomic E-state index is 2.84. The van der Waals surface area contributed by atoms with E-state index in [4.69, 9.17) is 0 Å². The Bertz CT molecular complexity index is 3450. The van der Waals surface area contributed by atoms with Crippen LogP contribution in [0.15, 0.2) is 127 Å². The van der Waals surface area contributed by atoms with Gasteiger partial charge in [-0.05, 0) is 160 Å². The Kier molecular flexibility index (Phi) is 9.58. The van der Waals surface area contributed by atoms with Crippen molar-refractivity contribution in [2.75, 3.05) is 14.7 Å². The molecule has 1 aromatic heterocycles. The molecule has 0 radical (unpaired) electrons. The van der Waals surface area contributed by atoms with Gasteiger partial charge in [0.25, 0.3) is 6.71 Å². The molecule has 0 amide bonds. The number of hydrogen-bond donors (Lipinski definition) is 0. The zero-order valence-corrected chi connectivity index (χ0v) is 44.1. The van der Waals surface area contributed by atoms with E-state index >= 15 is 0 Å². The lowest BCUT2D eigenvalue weighted by molar-refractivity contribution is 0.194. The van der Waals surface area contributed by atoms with E-state index in [9.17, 15) is 0 Å². The lowest BCUT2D eigenvalue weighted by atomic mass is 9.33. The molecule has 4 aliphatic rings. The first-order valence-electron chi connectivity index (χ1n) is 25.7. The van der Waals surface area contributed by atoms with Crippen LogP contribution in [-0.4, -0.2) is 12.3 Å². The first-order valence-corrected chi connectivity index (χ1v) is 26.5. The minimum Gasteiger partial charge on any atom is -0.334 e. The van der Waals surface area contributed by atoms with E-state index in [1.807, 2.05) is 11.3 Å². The third kappa shape index (κ3) is 6.51. The zero-order chi connectivity index (χ0) is 48.3. The van der Waals surface area contributed by atoms with Crippen molar-refractivity contribution in [1.82, 2.24) is 0 Å². The molecule has 8 aromatic rings. The van der Waals surface area contributed by atoms with Gasteiger partial charge in [-0.2, -0.15) is 0 Å². The molecule has 2 unspecified atom stereocenters. The van der Waals surface area contributed by atoms with Crippen LogP contribution in [0.3, 0.4) is 0 Å². The highest BCUT2D eigenvalue weighted by Gasteiger charge is 2.59. The maximum atomic E-state index is 2.84. The average Bonchev–Trinajstić information content (AvgIpc) is 3.76. The first-order chi connectivity index (χ1) is 32.7. The molecule has 0 bridgehead atoms. The molecule has 1 saturated carbocycles. The lowest BCUT2D eigenvalue weighted by Gasteiger charge is -2.51. The fraction of sp³-hybridized carbons (Fsp3) is 0.344. The second-order valence-corrected chi connectivity index (χ2v) is 25.8. The van der Waals surface area contributed by atoms with Crippen LogP contribution in [0.5, 0.6) is 0 Å². The summed E-state index contributed by atoms with van der Waals surface area (Å²) in [6.45, 7) is 31.1. The Balaban J connectivity index is 1.23. The van der Waals surface area contributed by atoms with Crippen molar-refractivity contribution >= 4 is 100 Å². The monoisotopic (exact) mass is 922 g/mol. The number of hydrogen-bond acceptors (Lipinski definition) is 4. The van der Waals surface area contributed by atoms with Crippen LogP contribution in [0, 0.1) is 13.8 Å². The summed E-state index contributed by atoms with van der Waals surface area (Å²) in [4.78, 5) is 8.18. The van der Waals surface area contributed by atoms with Crippen LogP contribution in [0.1, 0.15) is 135 Å². The van der Waals surface area contributed by atoms with E-state index in [0.717, 1.165) is 6.42 Å². The Morgan fingerprint density at radius 2 is 1.07 bits per heavy atom. The van der Waals surface area contributed by atoms with Gasteiger partial charge in [0.1, 0.15) is 0 Å². The quantitative estimate of drug-likeness (QED) is 0.164. The number of nitrogens with zero attached hydrogens (tertiary/aromatic N) is 3. The van der Waals surface area contributed by atoms with Crippen molar-refractivity contribution in [3.8, 4) is 0 Å². The Morgan fingerprint density at radius 1 is 0.493 bits per heavy atom. The van der Waals surface area contributed by atoms with Crippen LogP contribution in [-0.2, 0) is 21.7 Å². The van der Waals surface area contributed by atoms with Gasteiger partial charge in [0.2, 0.25) is 0 Å². The second kappa shape index (κ2) is 14.9. The van der Waals surface area contributed by atoms with Crippen molar-refractivity contribution in [2.24, 2.45) is 0 Å². The van der Waals surface area contributed by atoms with Gasteiger partial charge in [0, 0.05) is 71.1 Å². The number of benzene rings is 7. The fourth-order valence-electron chi connectivity index (χ4n) is 13.3. The molecule has 0 spiro atoms. The van der Waals surface area contributed by atoms with Gasteiger partial charge in [0.15, 0.2) is 0 Å². The van der Waals surface area contributed by atoms with Gasteiger partial charge in [-0.1, -0.05) is 149 Å². The SMILES string of the molecule is Cc1cc(C)c2c(c1)N(c1cc3c4c(c1)N(c1ccc5c(c1)sc1ccccc15)c1cc(C(C)(C)C)ccc1B4c1ccc(C(C)(C)C)cc1N3c1cccc(C(C)(C)C)c1)C1(C)CCCCC21C. The smallest absolute Gasteiger partial charge is 0.252 e. The van der Waals surface area contributed by atoms with Crippen molar-refractivity contribution in [3.63, 3.8) is 0 Å². The number of anilines is 8. The lowest BCUT2D eigenvalue weighted by Crippen LogP contribution is -2.61. The molecular weight excluding hydrogens is 854 g/mol. The van der Waals surface area contributed by atoms with Crippen LogP contribution >= 0.6 is 11.3 Å². The van der Waals surface area contributed by atoms with Crippen LogP contribution in [0.2, 0.25) is 0 Å². The molecule has 4 heterocycles. The molecule has 5 heteroatoms. The highest BCUT2D eigenvalue weighted by molar-refractivity contribution is 7.25. The molecule has 1 fully saturated rings. The van der Waals surface area contributed by atoms with Crippen molar-refractivity contribution in [1.29, 1.82) is 0 Å². The topological polar surface area (TPSA) is 9.72 Å². The molecule has 0 saturated heterocycles. The maximum Gasteiger partial charge on any atom is 0.252 e. The summed E-state index contributed by atoms with van der Waals surface area (Å²) in [5, 5.41) is 2.66. The van der Waals surface area contributed by atoms with Gasteiger partial charge in [0.05, 0.1) is 5.54 Å². The summed E-state index contributed by atoms with van der Waals surface area (Å²) >= 11 is 1.91. The van der Waals surface area contributed by atoms with E-state index < -0.39 is 0 Å². The molecule has 348 valence electrons. The van der Waals surface area contributed by atoms with Crippen LogP contribution in [0.25, 0.3) is 20.2 Å². The van der Waals surface area contributed by atoms with Crippen LogP contribution in [0.4, 0.5) is 45.5 Å². The summed E-state index contributed by atoms with van der Waals surface area (Å²) in [5.74, 6) is 0. The standard InChI is InChI=1S/C64H68BN3S/c1-39-31-40(2)58-53(32-39)68(64(13)30-17-16-29-63(58,64)12)46-36-54-59-55(37-46)67(45-25-26-48-47-21-14-15-22-56(47)69-57(48)38-45)52-35-43(62(9,10)11)24-28-50(52)65(59)49-27-23-42(61(6,7)8)34-51(49)66(54)44-20-18-19-41(33-44)60(3,4)5/h14-15,18-28,31-38H,16-17,29-30H2,1-13H3. The molecule has 3 aliphatic heterocycles. The summed E-state index contributed by atoms with van der Waals surface area (Å²) in [6, 6.07) is 50.7. The molecule has 3 nitrogen and oxygen atoms in total. The second-order valence-electron chi connectivity index (χ2n) is 24.8. The average molecular weight is 922 g/mol. The Labute approximate surface area is 416 Å². The Morgan fingerprint density at radius 3 is 1.71 bits per heavy atom. The highest BCUT2D eigenvalue weighted by Crippen LogP contribution is 2.63. The minimum atomic E-state index is -0.123. The molecule has 2 atom stereocenters. The number of rotatable bonds is 3. The van der Waals surface area contributed by atoms with Crippen molar-refractivity contribution in [3.05, 3.63) is 161 Å².